The number of nitro benzene ring substituents is 2. The Kier molecular flexibility index (Phi) is 6.21. The van der Waals surface area contributed by atoms with Crippen molar-refractivity contribution in [1.82, 2.24) is 0 Å². The van der Waals surface area contributed by atoms with Crippen LogP contribution in [0.3, 0.4) is 0 Å². The van der Waals surface area contributed by atoms with E-state index in [0.717, 1.165) is 31.4 Å². The van der Waals surface area contributed by atoms with Crippen LogP contribution in [0.1, 0.15) is 0 Å². The Balaban J connectivity index is 2.41. The number of nitrogens with zero attached hydrogens (tertiary/aromatic N) is 5. The van der Waals surface area contributed by atoms with Gasteiger partial charge in [-0.25, -0.2) is 4.79 Å². The van der Waals surface area contributed by atoms with E-state index < -0.39 is 15.9 Å². The fourth-order valence-corrected chi connectivity index (χ4v) is 2.30. The first kappa shape index (κ1) is 20.0. The highest BCUT2D eigenvalue weighted by atomic mass is 35.5. The van der Waals surface area contributed by atoms with Crippen LogP contribution < -0.4 is 5.01 Å². The zero-order chi connectivity index (χ0) is 20.1. The number of hydrogen-bond acceptors (Lipinski definition) is 8. The van der Waals surface area contributed by atoms with Gasteiger partial charge in [-0.3, -0.25) is 20.2 Å². The van der Waals surface area contributed by atoms with Crippen LogP contribution in [0.2, 0.25) is 10.0 Å². The number of amides is 1. The van der Waals surface area contributed by atoms with Crippen LogP contribution in [0, 0.1) is 20.2 Å². The number of benzene rings is 2. The highest BCUT2D eigenvalue weighted by Gasteiger charge is 2.21. The molecular formula is C14H9Cl2N5O6. The van der Waals surface area contributed by atoms with Crippen LogP contribution in [0.5, 0.6) is 0 Å². The number of hydrogen-bond donors (Lipinski definition) is 0. The Morgan fingerprint density at radius 1 is 1.04 bits per heavy atom. The van der Waals surface area contributed by atoms with Gasteiger partial charge >= 0.3 is 6.09 Å². The van der Waals surface area contributed by atoms with Crippen molar-refractivity contribution in [2.75, 3.05) is 12.1 Å². The largest absolute Gasteiger partial charge is 0.451 e. The fourth-order valence-electron chi connectivity index (χ4n) is 1.83. The van der Waals surface area contributed by atoms with Gasteiger partial charge in [0.05, 0.1) is 32.7 Å². The number of ether oxygens (including phenoxy) is 1. The smallest absolute Gasteiger partial charge is 0.436 e. The summed E-state index contributed by atoms with van der Waals surface area (Å²) in [6.07, 6.45) is -0.979. The predicted octanol–water partition coefficient (Wildman–Crippen LogP) is 5.08. The quantitative estimate of drug-likeness (QED) is 0.379. The van der Waals surface area contributed by atoms with Crippen molar-refractivity contribution in [2.45, 2.75) is 0 Å². The number of rotatable bonds is 5. The lowest BCUT2D eigenvalue weighted by molar-refractivity contribution is -0.385. The molecule has 0 saturated carbocycles. The molecule has 2 aromatic carbocycles. The molecule has 2 aromatic rings. The topological polar surface area (TPSA) is 141 Å². The zero-order valence-electron chi connectivity index (χ0n) is 13.4. The average molecular weight is 414 g/mol. The van der Waals surface area contributed by atoms with Crippen molar-refractivity contribution in [3.8, 4) is 0 Å². The molecule has 0 radical (unpaired) electrons. The summed E-state index contributed by atoms with van der Waals surface area (Å²) in [7, 11) is 1.09. The molecule has 1 amide bonds. The van der Waals surface area contributed by atoms with E-state index in [4.69, 9.17) is 23.2 Å². The van der Waals surface area contributed by atoms with Crippen molar-refractivity contribution in [3.63, 3.8) is 0 Å². The number of carbonyl (C=O) groups is 1. The van der Waals surface area contributed by atoms with Crippen molar-refractivity contribution >= 4 is 52.0 Å². The van der Waals surface area contributed by atoms with E-state index in [1.54, 1.807) is 0 Å². The van der Waals surface area contributed by atoms with Crippen LogP contribution in [-0.2, 0) is 4.74 Å². The summed E-state index contributed by atoms with van der Waals surface area (Å²) in [5, 5.41) is 29.4. The standard InChI is InChI=1S/C14H9Cl2N5O6/c1-27-14(22)19(13-5-3-9(21(25)26)7-11(13)16)18-17-12-4-2-8(20(23)24)6-10(12)15/h2-7H,1H3. The molecule has 13 heteroatoms. The van der Waals surface area contributed by atoms with Gasteiger partial charge in [0.15, 0.2) is 0 Å². The summed E-state index contributed by atoms with van der Waals surface area (Å²) in [6.45, 7) is 0. The first-order chi connectivity index (χ1) is 12.7. The van der Waals surface area contributed by atoms with Crippen molar-refractivity contribution in [3.05, 3.63) is 66.7 Å². The van der Waals surface area contributed by atoms with E-state index in [2.05, 4.69) is 15.1 Å². The summed E-state index contributed by atoms with van der Waals surface area (Å²) in [6, 6.07) is 6.79. The third kappa shape index (κ3) is 4.65. The predicted molar refractivity (Wildman–Crippen MR) is 95.6 cm³/mol. The van der Waals surface area contributed by atoms with Gasteiger partial charge in [-0.2, -0.15) is 0 Å². The second-order valence-corrected chi connectivity index (χ2v) is 5.57. The minimum absolute atomic E-state index is 0.0316. The molecule has 0 saturated heterocycles. The van der Waals surface area contributed by atoms with Crippen LogP contribution >= 0.6 is 23.2 Å². The number of non-ortho nitro benzene ring substituents is 2. The minimum atomic E-state index is -0.979. The summed E-state index contributed by atoms with van der Waals surface area (Å²) in [5.41, 5.74) is -0.531. The number of methoxy groups -OCH3 is 1. The lowest BCUT2D eigenvalue weighted by Gasteiger charge is -2.15. The van der Waals surface area contributed by atoms with E-state index in [1.807, 2.05) is 0 Å². The molecule has 0 bridgehead atoms. The minimum Gasteiger partial charge on any atom is -0.451 e. The third-order valence-corrected chi connectivity index (χ3v) is 3.71. The Morgan fingerprint density at radius 3 is 2.07 bits per heavy atom. The molecule has 11 nitrogen and oxygen atoms in total. The Labute approximate surface area is 161 Å². The van der Waals surface area contributed by atoms with E-state index >= 15 is 0 Å². The Hall–Kier alpha value is -3.31. The summed E-state index contributed by atoms with van der Waals surface area (Å²) in [4.78, 5) is 32.2. The fraction of sp³-hybridized carbons (Fsp3) is 0.0714. The number of carbonyl (C=O) groups excluding carboxylic acids is 1. The zero-order valence-corrected chi connectivity index (χ0v) is 14.9. The Bertz CT molecular complexity index is 952. The van der Waals surface area contributed by atoms with Crippen molar-refractivity contribution in [2.24, 2.45) is 10.3 Å². The van der Waals surface area contributed by atoms with Gasteiger partial charge in [0.1, 0.15) is 5.69 Å². The monoisotopic (exact) mass is 413 g/mol. The second kappa shape index (κ2) is 8.38. The van der Waals surface area contributed by atoms with Gasteiger partial charge in [0.2, 0.25) is 0 Å². The molecule has 0 aliphatic heterocycles. The normalized spacial score (nSPS) is 10.6. The molecule has 0 heterocycles. The van der Waals surface area contributed by atoms with Gasteiger partial charge < -0.3 is 4.74 Å². The number of halogens is 2. The highest BCUT2D eigenvalue weighted by Crippen LogP contribution is 2.33. The maximum atomic E-state index is 12.0. The average Bonchev–Trinajstić information content (AvgIpc) is 2.63. The molecule has 0 aliphatic rings. The van der Waals surface area contributed by atoms with Crippen LogP contribution in [0.15, 0.2) is 46.7 Å². The van der Waals surface area contributed by atoms with E-state index in [1.165, 1.54) is 12.1 Å². The molecule has 0 fully saturated rings. The van der Waals surface area contributed by atoms with Gasteiger partial charge in [-0.15, -0.1) is 10.1 Å². The molecule has 27 heavy (non-hydrogen) atoms. The van der Waals surface area contributed by atoms with Crippen LogP contribution in [-0.4, -0.2) is 23.0 Å². The number of anilines is 1. The maximum Gasteiger partial charge on any atom is 0.436 e. The summed E-state index contributed by atoms with van der Waals surface area (Å²) < 4.78 is 4.59. The second-order valence-electron chi connectivity index (χ2n) is 4.76. The molecule has 0 aromatic heterocycles. The molecule has 0 spiro atoms. The Morgan fingerprint density at radius 2 is 1.59 bits per heavy atom. The van der Waals surface area contributed by atoms with Gasteiger partial charge in [-0.1, -0.05) is 28.4 Å². The highest BCUT2D eigenvalue weighted by molar-refractivity contribution is 6.34. The molecule has 0 aliphatic carbocycles. The molecular weight excluding hydrogens is 405 g/mol. The van der Waals surface area contributed by atoms with Crippen LogP contribution in [0.4, 0.5) is 27.5 Å². The van der Waals surface area contributed by atoms with E-state index in [0.29, 0.717) is 5.01 Å². The SMILES string of the molecule is COC(=O)N(N=Nc1ccc([N+](=O)[O-])cc1Cl)c1ccc([N+](=O)[O-])cc1Cl. The van der Waals surface area contributed by atoms with Gasteiger partial charge in [-0.05, 0) is 12.1 Å². The lowest BCUT2D eigenvalue weighted by atomic mass is 10.3. The summed E-state index contributed by atoms with van der Waals surface area (Å²) >= 11 is 11.9. The van der Waals surface area contributed by atoms with Crippen molar-refractivity contribution in [1.29, 1.82) is 0 Å². The third-order valence-electron chi connectivity index (χ3n) is 3.10. The first-order valence-corrected chi connectivity index (χ1v) is 7.67. The molecule has 0 unspecified atom stereocenters. The van der Waals surface area contributed by atoms with E-state index in [-0.39, 0.29) is 32.8 Å². The molecule has 2 rings (SSSR count). The maximum absolute atomic E-state index is 12.0. The number of nitro groups is 2. The van der Waals surface area contributed by atoms with Crippen LogP contribution in [0.25, 0.3) is 0 Å². The first-order valence-electron chi connectivity index (χ1n) is 6.92. The van der Waals surface area contributed by atoms with Crippen molar-refractivity contribution < 1.29 is 19.4 Å². The molecule has 140 valence electrons. The van der Waals surface area contributed by atoms with E-state index in [9.17, 15) is 25.0 Å². The summed E-state index contributed by atoms with van der Waals surface area (Å²) in [5.74, 6) is 0. The molecule has 0 atom stereocenters. The molecule has 0 N–H and O–H groups in total. The lowest BCUT2D eigenvalue weighted by Crippen LogP contribution is -2.24. The van der Waals surface area contributed by atoms with Gasteiger partial charge in [0, 0.05) is 24.3 Å². The van der Waals surface area contributed by atoms with Gasteiger partial charge in [0.25, 0.3) is 11.4 Å².